The number of halogens is 2. The maximum absolute atomic E-state index is 14.1. The van der Waals surface area contributed by atoms with Gasteiger partial charge < -0.3 is 14.9 Å². The summed E-state index contributed by atoms with van der Waals surface area (Å²) in [5.74, 6) is -1.70. The third-order valence-electron chi connectivity index (χ3n) is 5.45. The first-order valence-electron chi connectivity index (χ1n) is 10.1. The first-order valence-corrected chi connectivity index (χ1v) is 10.1. The zero-order valence-electron chi connectivity index (χ0n) is 18.0. The van der Waals surface area contributed by atoms with Crippen LogP contribution in [0.3, 0.4) is 0 Å². The van der Waals surface area contributed by atoms with Crippen molar-refractivity contribution in [2.45, 2.75) is 6.54 Å². The van der Waals surface area contributed by atoms with Crippen LogP contribution in [0.5, 0.6) is 0 Å². The largest absolute Gasteiger partial charge is 0.338 e. The number of imidazole rings is 2. The van der Waals surface area contributed by atoms with Crippen molar-refractivity contribution in [3.63, 3.8) is 0 Å². The Labute approximate surface area is 189 Å². The van der Waals surface area contributed by atoms with Gasteiger partial charge in [0.25, 0.3) is 5.56 Å². The Morgan fingerprint density at radius 3 is 2.71 bits per heavy atom. The van der Waals surface area contributed by atoms with Gasteiger partial charge in [-0.1, -0.05) is 0 Å². The van der Waals surface area contributed by atoms with Crippen LogP contribution < -0.4 is 16.6 Å². The molecule has 1 amide bonds. The standard InChI is InChI=1S/C22H17F2N7O3/c1-29-10-25-20-18(29)21(33)31(22(34)30(20)2)9-17(32)26-12-4-6-15-16(8-12)28-19(27-15)13-7-11(23)3-5-14(13)24/h3-8,10H,9H2,1-2H3,(H,26,32)(H,27,28). The van der Waals surface area contributed by atoms with E-state index in [1.165, 1.54) is 22.5 Å². The van der Waals surface area contributed by atoms with Crippen molar-refractivity contribution in [1.29, 1.82) is 0 Å². The van der Waals surface area contributed by atoms with Gasteiger partial charge in [-0.15, -0.1) is 0 Å². The number of nitrogens with one attached hydrogen (secondary N) is 2. The van der Waals surface area contributed by atoms with Crippen LogP contribution in [0, 0.1) is 11.6 Å². The molecule has 0 saturated carbocycles. The van der Waals surface area contributed by atoms with Crippen molar-refractivity contribution in [2.75, 3.05) is 5.32 Å². The fraction of sp³-hybridized carbons (Fsp3) is 0.136. The smallest absolute Gasteiger partial charge is 0.332 e. The molecule has 0 aliphatic rings. The number of fused-ring (bicyclic) bond motifs is 2. The highest BCUT2D eigenvalue weighted by molar-refractivity contribution is 5.93. The van der Waals surface area contributed by atoms with Gasteiger partial charge in [-0.2, -0.15) is 0 Å². The number of aromatic nitrogens is 6. The molecule has 10 nitrogen and oxygen atoms in total. The molecule has 172 valence electrons. The predicted octanol–water partition coefficient (Wildman–Crippen LogP) is 1.89. The average Bonchev–Trinajstić information content (AvgIpc) is 3.40. The van der Waals surface area contributed by atoms with E-state index in [0.29, 0.717) is 16.7 Å². The summed E-state index contributed by atoms with van der Waals surface area (Å²) in [6.45, 7) is -0.507. The first kappa shape index (κ1) is 21.2. The van der Waals surface area contributed by atoms with E-state index in [1.807, 2.05) is 0 Å². The van der Waals surface area contributed by atoms with Crippen LogP contribution in [-0.4, -0.2) is 34.6 Å². The minimum Gasteiger partial charge on any atom is -0.338 e. The van der Waals surface area contributed by atoms with Crippen LogP contribution in [0.2, 0.25) is 0 Å². The molecule has 0 aliphatic carbocycles. The second-order valence-electron chi connectivity index (χ2n) is 7.75. The number of nitrogens with zero attached hydrogens (tertiary/aromatic N) is 5. The lowest BCUT2D eigenvalue weighted by Crippen LogP contribution is -2.42. The molecule has 5 rings (SSSR count). The molecular weight excluding hydrogens is 448 g/mol. The number of aryl methyl sites for hydroxylation is 2. The Hall–Kier alpha value is -4.61. The molecule has 0 radical (unpaired) electrons. The van der Waals surface area contributed by atoms with E-state index in [-0.39, 0.29) is 22.6 Å². The monoisotopic (exact) mass is 465 g/mol. The van der Waals surface area contributed by atoms with E-state index in [4.69, 9.17) is 0 Å². The predicted molar refractivity (Wildman–Crippen MR) is 120 cm³/mol. The maximum atomic E-state index is 14.1. The summed E-state index contributed by atoms with van der Waals surface area (Å²) in [6.07, 6.45) is 1.42. The number of hydrogen-bond donors (Lipinski definition) is 2. The van der Waals surface area contributed by atoms with Gasteiger partial charge in [0.15, 0.2) is 11.2 Å². The highest BCUT2D eigenvalue weighted by atomic mass is 19.1. The molecule has 3 heterocycles. The van der Waals surface area contributed by atoms with Gasteiger partial charge in [0.05, 0.1) is 22.9 Å². The summed E-state index contributed by atoms with van der Waals surface area (Å²) < 4.78 is 31.1. The molecule has 0 aliphatic heterocycles. The summed E-state index contributed by atoms with van der Waals surface area (Å²) in [5.41, 5.74) is 0.414. The van der Waals surface area contributed by atoms with Gasteiger partial charge in [-0.25, -0.2) is 28.1 Å². The van der Waals surface area contributed by atoms with Crippen molar-refractivity contribution < 1.29 is 13.6 Å². The number of benzene rings is 2. The summed E-state index contributed by atoms with van der Waals surface area (Å²) in [7, 11) is 3.09. The normalized spacial score (nSPS) is 11.4. The topological polar surface area (TPSA) is 120 Å². The molecular formula is C22H17F2N7O3. The Morgan fingerprint density at radius 1 is 1.12 bits per heavy atom. The number of aromatic amines is 1. The number of rotatable bonds is 4. The van der Waals surface area contributed by atoms with Gasteiger partial charge in [0.2, 0.25) is 5.91 Å². The van der Waals surface area contributed by atoms with Crippen molar-refractivity contribution in [3.8, 4) is 11.4 Å². The molecule has 3 aromatic heterocycles. The van der Waals surface area contributed by atoms with E-state index in [1.54, 1.807) is 25.2 Å². The molecule has 0 unspecified atom stereocenters. The summed E-state index contributed by atoms with van der Waals surface area (Å²) in [4.78, 5) is 49.2. The third kappa shape index (κ3) is 3.45. The quantitative estimate of drug-likeness (QED) is 0.420. The molecule has 12 heteroatoms. The molecule has 0 fully saturated rings. The Balaban J connectivity index is 1.43. The molecule has 0 saturated heterocycles. The van der Waals surface area contributed by atoms with E-state index < -0.39 is 35.3 Å². The lowest BCUT2D eigenvalue weighted by Gasteiger charge is -2.09. The van der Waals surface area contributed by atoms with Crippen LogP contribution in [0.1, 0.15) is 0 Å². The maximum Gasteiger partial charge on any atom is 0.332 e. The lowest BCUT2D eigenvalue weighted by atomic mass is 10.2. The van der Waals surface area contributed by atoms with Crippen molar-refractivity contribution in [1.82, 2.24) is 28.7 Å². The highest BCUT2D eigenvalue weighted by Crippen LogP contribution is 2.25. The van der Waals surface area contributed by atoms with E-state index in [0.717, 1.165) is 22.8 Å². The second-order valence-corrected chi connectivity index (χ2v) is 7.75. The van der Waals surface area contributed by atoms with Crippen molar-refractivity contribution in [2.24, 2.45) is 14.1 Å². The van der Waals surface area contributed by atoms with Crippen LogP contribution in [0.25, 0.3) is 33.6 Å². The number of anilines is 1. The first-order chi connectivity index (χ1) is 16.2. The molecule has 2 N–H and O–H groups in total. The van der Waals surface area contributed by atoms with Gasteiger partial charge in [-0.3, -0.25) is 14.2 Å². The van der Waals surface area contributed by atoms with Gasteiger partial charge in [0, 0.05) is 19.8 Å². The van der Waals surface area contributed by atoms with E-state index in [2.05, 4.69) is 20.3 Å². The molecule has 0 spiro atoms. The number of H-pyrrole nitrogens is 1. The summed E-state index contributed by atoms with van der Waals surface area (Å²) in [5, 5.41) is 2.63. The van der Waals surface area contributed by atoms with Crippen LogP contribution in [0.4, 0.5) is 14.5 Å². The lowest BCUT2D eigenvalue weighted by molar-refractivity contribution is -0.116. The molecule has 0 atom stereocenters. The van der Waals surface area contributed by atoms with Crippen LogP contribution >= 0.6 is 0 Å². The van der Waals surface area contributed by atoms with Gasteiger partial charge in [0.1, 0.15) is 24.0 Å². The van der Waals surface area contributed by atoms with Crippen molar-refractivity contribution >= 4 is 33.8 Å². The average molecular weight is 465 g/mol. The Morgan fingerprint density at radius 2 is 1.91 bits per heavy atom. The van der Waals surface area contributed by atoms with Crippen molar-refractivity contribution in [3.05, 3.63) is 75.2 Å². The number of amides is 1. The minimum atomic E-state index is -0.669. The second kappa shape index (κ2) is 7.76. The van der Waals surface area contributed by atoms with Crippen LogP contribution in [0.15, 0.2) is 52.3 Å². The fourth-order valence-electron chi connectivity index (χ4n) is 3.77. The number of hydrogen-bond acceptors (Lipinski definition) is 5. The van der Waals surface area contributed by atoms with Gasteiger partial charge in [-0.05, 0) is 36.4 Å². The number of carbonyl (C=O) groups is 1. The summed E-state index contributed by atoms with van der Waals surface area (Å²) >= 11 is 0. The van der Waals surface area contributed by atoms with Crippen LogP contribution in [-0.2, 0) is 25.4 Å². The molecule has 2 aromatic carbocycles. The minimum absolute atomic E-state index is 0.0254. The van der Waals surface area contributed by atoms with E-state index >= 15 is 0 Å². The Bertz CT molecular complexity index is 1730. The highest BCUT2D eigenvalue weighted by Gasteiger charge is 2.17. The summed E-state index contributed by atoms with van der Waals surface area (Å²) in [6, 6.07) is 7.78. The SMILES string of the molecule is Cn1cnc2c1c(=O)n(CC(=O)Nc1ccc3nc(-c4cc(F)ccc4F)[nH]c3c1)c(=O)n2C. The Kier molecular flexibility index (Phi) is 4.85. The fourth-order valence-corrected chi connectivity index (χ4v) is 3.77. The molecule has 34 heavy (non-hydrogen) atoms. The van der Waals surface area contributed by atoms with Gasteiger partial charge >= 0.3 is 5.69 Å². The number of carbonyl (C=O) groups excluding carboxylic acids is 1. The molecule has 0 bridgehead atoms. The molecule has 5 aromatic rings. The third-order valence-corrected chi connectivity index (χ3v) is 5.45. The zero-order valence-corrected chi connectivity index (χ0v) is 18.0. The van der Waals surface area contributed by atoms with E-state index in [9.17, 15) is 23.2 Å². The zero-order chi connectivity index (χ0) is 24.1.